The second-order valence-corrected chi connectivity index (χ2v) is 8.81. The SMILES string of the molecule is C=C(C=NC(=C)c1ccc(OCC(O)COCCCCCCCC)cc1O)C(C)=CC(C)C. The first-order valence-corrected chi connectivity index (χ1v) is 12.1. The first kappa shape index (κ1) is 28.7. The third-order valence-corrected chi connectivity index (χ3v) is 5.14. The molecule has 0 saturated heterocycles. The molecule has 1 aromatic rings. The van der Waals surface area contributed by atoms with Crippen molar-refractivity contribution in [1.82, 2.24) is 0 Å². The summed E-state index contributed by atoms with van der Waals surface area (Å²) in [7, 11) is 0. The molecule has 184 valence electrons. The number of nitrogens with zero attached hydrogens (tertiary/aromatic N) is 1. The monoisotopic (exact) mass is 457 g/mol. The fourth-order valence-corrected chi connectivity index (χ4v) is 3.22. The molecule has 0 aliphatic heterocycles. The minimum absolute atomic E-state index is 0.0171. The molecule has 0 amide bonds. The quantitative estimate of drug-likeness (QED) is 0.155. The number of hydrogen-bond acceptors (Lipinski definition) is 5. The molecular formula is C28H43NO4. The third kappa shape index (κ3) is 12.4. The van der Waals surface area contributed by atoms with Crippen LogP contribution in [0.3, 0.4) is 0 Å². The van der Waals surface area contributed by atoms with Crippen LogP contribution in [-0.2, 0) is 4.74 Å². The van der Waals surface area contributed by atoms with Gasteiger partial charge in [-0.1, -0.05) is 72.1 Å². The molecule has 0 radical (unpaired) electrons. The lowest BCUT2D eigenvalue weighted by atomic mass is 10.1. The summed E-state index contributed by atoms with van der Waals surface area (Å²) < 4.78 is 11.1. The van der Waals surface area contributed by atoms with Crippen LogP contribution < -0.4 is 4.74 Å². The van der Waals surface area contributed by atoms with Gasteiger partial charge < -0.3 is 19.7 Å². The summed E-state index contributed by atoms with van der Waals surface area (Å²) in [5.41, 5.74) is 2.81. The van der Waals surface area contributed by atoms with Gasteiger partial charge in [0.1, 0.15) is 24.2 Å². The van der Waals surface area contributed by atoms with E-state index in [1.807, 2.05) is 6.92 Å². The highest BCUT2D eigenvalue weighted by molar-refractivity contribution is 5.88. The van der Waals surface area contributed by atoms with Crippen LogP contribution in [0.4, 0.5) is 0 Å². The Balaban J connectivity index is 2.43. The Labute approximate surface area is 200 Å². The fraction of sp³-hybridized carbons (Fsp3) is 0.536. The van der Waals surface area contributed by atoms with Gasteiger partial charge in [0, 0.05) is 24.5 Å². The zero-order chi connectivity index (χ0) is 24.6. The molecule has 1 rings (SSSR count). The molecule has 0 heterocycles. The van der Waals surface area contributed by atoms with E-state index in [0.29, 0.717) is 29.5 Å². The Morgan fingerprint density at radius 3 is 2.45 bits per heavy atom. The average molecular weight is 458 g/mol. The van der Waals surface area contributed by atoms with Gasteiger partial charge in [0.15, 0.2) is 0 Å². The number of aliphatic hydroxyl groups excluding tert-OH is 1. The lowest BCUT2D eigenvalue weighted by molar-refractivity contribution is 0.0109. The highest BCUT2D eigenvalue weighted by Gasteiger charge is 2.09. The van der Waals surface area contributed by atoms with Crippen molar-refractivity contribution in [1.29, 1.82) is 0 Å². The zero-order valence-corrected chi connectivity index (χ0v) is 21.0. The van der Waals surface area contributed by atoms with Crippen LogP contribution in [0.25, 0.3) is 5.70 Å². The van der Waals surface area contributed by atoms with Crippen LogP contribution in [0.5, 0.6) is 11.5 Å². The number of benzene rings is 1. The lowest BCUT2D eigenvalue weighted by Gasteiger charge is -2.14. The molecule has 0 saturated carbocycles. The van der Waals surface area contributed by atoms with Crippen molar-refractivity contribution in [2.75, 3.05) is 19.8 Å². The van der Waals surface area contributed by atoms with Crippen molar-refractivity contribution in [3.8, 4) is 11.5 Å². The molecule has 0 spiro atoms. The van der Waals surface area contributed by atoms with Gasteiger partial charge in [-0.2, -0.15) is 0 Å². The third-order valence-electron chi connectivity index (χ3n) is 5.14. The van der Waals surface area contributed by atoms with Gasteiger partial charge in [-0.25, -0.2) is 0 Å². The van der Waals surface area contributed by atoms with E-state index in [2.05, 4.69) is 45.0 Å². The van der Waals surface area contributed by atoms with Crippen molar-refractivity contribution in [3.05, 3.63) is 54.1 Å². The van der Waals surface area contributed by atoms with Gasteiger partial charge in [0.2, 0.25) is 0 Å². The summed E-state index contributed by atoms with van der Waals surface area (Å²) in [5.74, 6) is 0.909. The number of phenolic OH excluding ortho intramolecular Hbond substituents is 1. The van der Waals surface area contributed by atoms with Crippen LogP contribution in [-0.4, -0.2) is 42.4 Å². The van der Waals surface area contributed by atoms with E-state index < -0.39 is 6.10 Å². The summed E-state index contributed by atoms with van der Waals surface area (Å²) in [5, 5.41) is 20.4. The number of hydrogen-bond donors (Lipinski definition) is 2. The van der Waals surface area contributed by atoms with E-state index in [-0.39, 0.29) is 19.0 Å². The Hall–Kier alpha value is -2.37. The van der Waals surface area contributed by atoms with Crippen LogP contribution >= 0.6 is 0 Å². The average Bonchev–Trinajstić information content (AvgIpc) is 2.77. The van der Waals surface area contributed by atoms with Crippen molar-refractivity contribution in [2.45, 2.75) is 72.3 Å². The van der Waals surface area contributed by atoms with Crippen LogP contribution in [0.1, 0.15) is 71.8 Å². The van der Waals surface area contributed by atoms with Crippen molar-refractivity contribution >= 4 is 11.9 Å². The molecular weight excluding hydrogens is 414 g/mol. The molecule has 2 N–H and O–H groups in total. The van der Waals surface area contributed by atoms with Crippen molar-refractivity contribution < 1.29 is 19.7 Å². The van der Waals surface area contributed by atoms with Crippen LogP contribution in [0.2, 0.25) is 0 Å². The number of ether oxygens (including phenoxy) is 2. The predicted octanol–water partition coefficient (Wildman–Crippen LogP) is 6.71. The molecule has 0 bridgehead atoms. The molecule has 0 aliphatic rings. The summed E-state index contributed by atoms with van der Waals surface area (Å²) in [6, 6.07) is 4.92. The smallest absolute Gasteiger partial charge is 0.128 e. The minimum Gasteiger partial charge on any atom is -0.507 e. The number of allylic oxidation sites excluding steroid dienone is 3. The molecule has 0 fully saturated rings. The van der Waals surface area contributed by atoms with E-state index in [4.69, 9.17) is 9.47 Å². The van der Waals surface area contributed by atoms with Gasteiger partial charge in [0.05, 0.1) is 12.3 Å². The molecule has 33 heavy (non-hydrogen) atoms. The van der Waals surface area contributed by atoms with Gasteiger partial charge in [-0.3, -0.25) is 4.99 Å². The Bertz CT molecular complexity index is 795. The van der Waals surface area contributed by atoms with E-state index in [0.717, 1.165) is 24.0 Å². The molecule has 1 atom stereocenters. The Kier molecular flexibility index (Phi) is 14.1. The standard InChI is InChI=1S/C28H43NO4/c1-7-8-9-10-11-12-15-32-19-25(30)20-33-26-13-14-27(28(31)17-26)24(6)29-18-23(5)22(4)16-21(2)3/h13-14,16-18,21,25,30-31H,5-12,15,19-20H2,1-4H3. The van der Waals surface area contributed by atoms with Gasteiger partial charge in [-0.15, -0.1) is 0 Å². The maximum Gasteiger partial charge on any atom is 0.128 e. The Morgan fingerprint density at radius 1 is 1.09 bits per heavy atom. The minimum atomic E-state index is -0.723. The molecule has 1 aromatic carbocycles. The van der Waals surface area contributed by atoms with Crippen LogP contribution in [0.15, 0.2) is 53.6 Å². The number of unbranched alkanes of at least 4 members (excludes halogenated alkanes) is 5. The second kappa shape index (κ2) is 16.3. The molecule has 1 unspecified atom stereocenters. The predicted molar refractivity (Wildman–Crippen MR) is 139 cm³/mol. The molecule has 0 aromatic heterocycles. The molecule has 5 nitrogen and oxygen atoms in total. The van der Waals surface area contributed by atoms with Crippen molar-refractivity contribution in [2.24, 2.45) is 10.9 Å². The largest absolute Gasteiger partial charge is 0.507 e. The van der Waals surface area contributed by atoms with Crippen LogP contribution in [0, 0.1) is 5.92 Å². The second-order valence-electron chi connectivity index (χ2n) is 8.81. The number of rotatable bonds is 17. The van der Waals surface area contributed by atoms with Gasteiger partial charge in [0.25, 0.3) is 0 Å². The van der Waals surface area contributed by atoms with Crippen molar-refractivity contribution in [3.63, 3.8) is 0 Å². The van der Waals surface area contributed by atoms with E-state index >= 15 is 0 Å². The highest BCUT2D eigenvalue weighted by Crippen LogP contribution is 2.29. The molecule has 5 heteroatoms. The first-order valence-electron chi connectivity index (χ1n) is 12.1. The highest BCUT2D eigenvalue weighted by atomic mass is 16.5. The molecule has 0 aliphatic carbocycles. The van der Waals surface area contributed by atoms with E-state index in [9.17, 15) is 10.2 Å². The lowest BCUT2D eigenvalue weighted by Crippen LogP contribution is -2.23. The fourth-order valence-electron chi connectivity index (χ4n) is 3.22. The number of aliphatic imine (C=N–C) groups is 1. The topological polar surface area (TPSA) is 71.3 Å². The first-order chi connectivity index (χ1) is 15.7. The summed E-state index contributed by atoms with van der Waals surface area (Å²) in [4.78, 5) is 4.34. The Morgan fingerprint density at radius 2 is 1.79 bits per heavy atom. The van der Waals surface area contributed by atoms with Gasteiger partial charge >= 0.3 is 0 Å². The maximum atomic E-state index is 10.4. The summed E-state index contributed by atoms with van der Waals surface area (Å²) in [6.07, 6.45) is 10.3. The normalized spacial score (nSPS) is 13.0. The maximum absolute atomic E-state index is 10.4. The van der Waals surface area contributed by atoms with Gasteiger partial charge in [-0.05, 0) is 42.5 Å². The number of phenols is 1. The van der Waals surface area contributed by atoms with E-state index in [1.54, 1.807) is 18.3 Å². The van der Waals surface area contributed by atoms with E-state index in [1.165, 1.54) is 31.7 Å². The summed E-state index contributed by atoms with van der Waals surface area (Å²) in [6.45, 7) is 17.4. The number of aliphatic hydroxyl groups is 1. The summed E-state index contributed by atoms with van der Waals surface area (Å²) >= 11 is 0. The zero-order valence-electron chi connectivity index (χ0n) is 21.0. The number of aromatic hydroxyl groups is 1.